The summed E-state index contributed by atoms with van der Waals surface area (Å²) in [5.74, 6) is -0.00563. The van der Waals surface area contributed by atoms with E-state index in [1.807, 2.05) is 24.3 Å². The lowest BCUT2D eigenvalue weighted by Gasteiger charge is -2.08. The van der Waals surface area contributed by atoms with E-state index in [1.54, 1.807) is 6.07 Å². The lowest BCUT2D eigenvalue weighted by atomic mass is 10.2. The van der Waals surface area contributed by atoms with Gasteiger partial charge in [0.1, 0.15) is 18.2 Å². The van der Waals surface area contributed by atoms with Crippen LogP contribution in [0.15, 0.2) is 46.9 Å². The first-order valence-electron chi connectivity index (χ1n) is 5.45. The molecule has 4 heteroatoms. The highest BCUT2D eigenvalue weighted by atomic mass is 79.9. The van der Waals surface area contributed by atoms with E-state index >= 15 is 0 Å². The topological polar surface area (TPSA) is 29.5 Å². The van der Waals surface area contributed by atoms with Crippen LogP contribution in [-0.2, 0) is 13.2 Å². The summed E-state index contributed by atoms with van der Waals surface area (Å²) in [6, 6.07) is 12.2. The van der Waals surface area contributed by atoms with Crippen LogP contribution >= 0.6 is 15.9 Å². The molecule has 2 aromatic rings. The van der Waals surface area contributed by atoms with Crippen LogP contribution in [-0.4, -0.2) is 5.11 Å². The van der Waals surface area contributed by atoms with E-state index in [0.29, 0.717) is 12.4 Å². The molecule has 0 atom stereocenters. The monoisotopic (exact) mass is 310 g/mol. The molecule has 2 nitrogen and oxygen atoms in total. The Kier molecular flexibility index (Phi) is 4.33. The lowest BCUT2D eigenvalue weighted by Crippen LogP contribution is -1.97. The molecule has 1 N–H and O–H groups in total. The fraction of sp³-hybridized carbons (Fsp3) is 0.143. The predicted molar refractivity (Wildman–Crippen MR) is 70.8 cm³/mol. The number of benzene rings is 2. The van der Waals surface area contributed by atoms with Gasteiger partial charge >= 0.3 is 0 Å². The van der Waals surface area contributed by atoms with Crippen molar-refractivity contribution in [2.75, 3.05) is 0 Å². The largest absolute Gasteiger partial charge is 0.489 e. The summed E-state index contributed by atoms with van der Waals surface area (Å²) >= 11 is 3.38. The molecule has 0 bridgehead atoms. The van der Waals surface area contributed by atoms with Gasteiger partial charge in [0.15, 0.2) is 0 Å². The third-order valence-electron chi connectivity index (χ3n) is 2.49. The first-order valence-corrected chi connectivity index (χ1v) is 6.25. The van der Waals surface area contributed by atoms with Crippen LogP contribution in [0.25, 0.3) is 0 Å². The van der Waals surface area contributed by atoms with Crippen LogP contribution in [0.3, 0.4) is 0 Å². The van der Waals surface area contributed by atoms with Gasteiger partial charge in [-0.1, -0.05) is 34.1 Å². The Morgan fingerprint density at radius 3 is 2.67 bits per heavy atom. The molecule has 2 aromatic carbocycles. The highest BCUT2D eigenvalue weighted by molar-refractivity contribution is 9.10. The Labute approximate surface area is 113 Å². The van der Waals surface area contributed by atoms with Crippen molar-refractivity contribution in [1.29, 1.82) is 0 Å². The molecule has 0 saturated carbocycles. The first kappa shape index (κ1) is 13.1. The van der Waals surface area contributed by atoms with Crippen molar-refractivity contribution < 1.29 is 14.2 Å². The number of rotatable bonds is 4. The second-order valence-corrected chi connectivity index (χ2v) is 4.75. The fourth-order valence-electron chi connectivity index (χ4n) is 1.54. The van der Waals surface area contributed by atoms with E-state index in [2.05, 4.69) is 15.9 Å². The lowest BCUT2D eigenvalue weighted by molar-refractivity contribution is 0.273. The van der Waals surface area contributed by atoms with Crippen molar-refractivity contribution in [3.63, 3.8) is 0 Å². The molecule has 0 amide bonds. The Morgan fingerprint density at radius 2 is 2.00 bits per heavy atom. The predicted octanol–water partition coefficient (Wildman–Crippen LogP) is 3.66. The third kappa shape index (κ3) is 3.31. The minimum Gasteiger partial charge on any atom is -0.489 e. The fourth-order valence-corrected chi connectivity index (χ4v) is 1.99. The van der Waals surface area contributed by atoms with Crippen LogP contribution in [0.4, 0.5) is 4.39 Å². The molecule has 0 heterocycles. The minimum absolute atomic E-state index is 0.268. The summed E-state index contributed by atoms with van der Waals surface area (Å²) in [6.07, 6.45) is 0. The first-order chi connectivity index (χ1) is 8.69. The Morgan fingerprint density at radius 1 is 1.17 bits per heavy atom. The summed E-state index contributed by atoms with van der Waals surface area (Å²) in [6.45, 7) is 0.0646. The van der Waals surface area contributed by atoms with Crippen molar-refractivity contribution >= 4 is 15.9 Å². The maximum absolute atomic E-state index is 13.4. The van der Waals surface area contributed by atoms with E-state index < -0.39 is 5.82 Å². The van der Waals surface area contributed by atoms with Crippen LogP contribution in [0.5, 0.6) is 5.75 Å². The van der Waals surface area contributed by atoms with E-state index in [4.69, 9.17) is 9.84 Å². The normalized spacial score (nSPS) is 10.4. The van der Waals surface area contributed by atoms with Gasteiger partial charge in [0.25, 0.3) is 0 Å². The molecular weight excluding hydrogens is 299 g/mol. The summed E-state index contributed by atoms with van der Waals surface area (Å²) in [7, 11) is 0. The molecule has 0 spiro atoms. The Balaban J connectivity index is 2.04. The van der Waals surface area contributed by atoms with E-state index in [0.717, 1.165) is 10.0 Å². The summed E-state index contributed by atoms with van der Waals surface area (Å²) in [5, 5.41) is 8.86. The SMILES string of the molecule is OCc1ccc(OCc2cccc(Br)c2)cc1F. The average Bonchev–Trinajstić information content (AvgIpc) is 2.37. The zero-order valence-corrected chi connectivity index (χ0v) is 11.2. The number of ether oxygens (including phenoxy) is 1. The summed E-state index contributed by atoms with van der Waals surface area (Å²) < 4.78 is 19.9. The minimum atomic E-state index is -0.454. The van der Waals surface area contributed by atoms with Crippen molar-refractivity contribution in [3.05, 3.63) is 63.9 Å². The zero-order chi connectivity index (χ0) is 13.0. The highest BCUT2D eigenvalue weighted by Crippen LogP contribution is 2.19. The van der Waals surface area contributed by atoms with Gasteiger partial charge in [0.2, 0.25) is 0 Å². The third-order valence-corrected chi connectivity index (χ3v) is 2.98. The van der Waals surface area contributed by atoms with Gasteiger partial charge in [-0.25, -0.2) is 4.39 Å². The molecular formula is C14H12BrFO2. The quantitative estimate of drug-likeness (QED) is 0.934. The van der Waals surface area contributed by atoms with Crippen LogP contribution in [0.2, 0.25) is 0 Å². The van der Waals surface area contributed by atoms with Gasteiger partial charge in [-0.2, -0.15) is 0 Å². The molecule has 18 heavy (non-hydrogen) atoms. The van der Waals surface area contributed by atoms with Crippen LogP contribution < -0.4 is 4.74 Å². The molecule has 0 fully saturated rings. The van der Waals surface area contributed by atoms with E-state index in [1.165, 1.54) is 12.1 Å². The van der Waals surface area contributed by atoms with E-state index in [9.17, 15) is 4.39 Å². The van der Waals surface area contributed by atoms with Gasteiger partial charge in [-0.05, 0) is 23.8 Å². The molecule has 0 aliphatic carbocycles. The standard InChI is InChI=1S/C14H12BrFO2/c15-12-3-1-2-10(6-12)9-18-13-5-4-11(8-17)14(16)7-13/h1-7,17H,8-9H2. The van der Waals surface area contributed by atoms with Crippen molar-refractivity contribution in [2.45, 2.75) is 13.2 Å². The van der Waals surface area contributed by atoms with Crippen LogP contribution in [0, 0.1) is 5.82 Å². The molecule has 0 aromatic heterocycles. The number of hydrogen-bond acceptors (Lipinski definition) is 2. The number of hydrogen-bond donors (Lipinski definition) is 1. The van der Waals surface area contributed by atoms with Crippen molar-refractivity contribution in [1.82, 2.24) is 0 Å². The van der Waals surface area contributed by atoms with Gasteiger partial charge in [0.05, 0.1) is 6.61 Å². The van der Waals surface area contributed by atoms with E-state index in [-0.39, 0.29) is 12.2 Å². The molecule has 0 unspecified atom stereocenters. The molecule has 94 valence electrons. The van der Waals surface area contributed by atoms with Crippen LogP contribution in [0.1, 0.15) is 11.1 Å². The smallest absolute Gasteiger partial charge is 0.132 e. The second-order valence-electron chi connectivity index (χ2n) is 3.83. The highest BCUT2D eigenvalue weighted by Gasteiger charge is 2.03. The average molecular weight is 311 g/mol. The van der Waals surface area contributed by atoms with Crippen molar-refractivity contribution in [3.8, 4) is 5.75 Å². The Hall–Kier alpha value is -1.39. The molecule has 0 radical (unpaired) electrons. The number of aliphatic hydroxyl groups excluding tert-OH is 1. The maximum atomic E-state index is 13.4. The Bertz CT molecular complexity index is 543. The maximum Gasteiger partial charge on any atom is 0.132 e. The van der Waals surface area contributed by atoms with Crippen molar-refractivity contribution in [2.24, 2.45) is 0 Å². The van der Waals surface area contributed by atoms with Gasteiger partial charge in [-0.3, -0.25) is 0 Å². The molecule has 0 aliphatic heterocycles. The van der Waals surface area contributed by atoms with Gasteiger partial charge in [-0.15, -0.1) is 0 Å². The molecule has 0 aliphatic rings. The zero-order valence-electron chi connectivity index (χ0n) is 9.57. The summed E-state index contributed by atoms with van der Waals surface area (Å²) in [5.41, 5.74) is 1.26. The second kappa shape index (κ2) is 5.98. The molecule has 0 saturated heterocycles. The number of halogens is 2. The van der Waals surface area contributed by atoms with Gasteiger partial charge < -0.3 is 9.84 Å². The molecule has 2 rings (SSSR count). The van der Waals surface area contributed by atoms with Gasteiger partial charge in [0, 0.05) is 16.1 Å². The number of aliphatic hydroxyl groups is 1. The summed E-state index contributed by atoms with van der Waals surface area (Å²) in [4.78, 5) is 0.